The summed E-state index contributed by atoms with van der Waals surface area (Å²) in [6, 6.07) is 1.77. The van der Waals surface area contributed by atoms with Crippen LogP contribution in [0, 0.1) is 18.8 Å². The number of nitrogens with zero attached hydrogens (tertiary/aromatic N) is 1. The van der Waals surface area contributed by atoms with Crippen LogP contribution in [0.2, 0.25) is 5.15 Å². The molecule has 0 amide bonds. The maximum atomic E-state index is 10.6. The highest BCUT2D eigenvalue weighted by Crippen LogP contribution is 2.10. The number of aromatic nitrogens is 1. The van der Waals surface area contributed by atoms with Crippen LogP contribution in [-0.2, 0) is 4.79 Å². The summed E-state index contributed by atoms with van der Waals surface area (Å²) in [5, 5.41) is 0.548. The van der Waals surface area contributed by atoms with Crippen molar-refractivity contribution in [3.05, 3.63) is 28.5 Å². The van der Waals surface area contributed by atoms with Crippen LogP contribution in [-0.4, -0.2) is 15.9 Å². The van der Waals surface area contributed by atoms with Crippen molar-refractivity contribution in [3.8, 4) is 11.8 Å². The molecule has 0 aliphatic carbocycles. The van der Waals surface area contributed by atoms with E-state index in [1.54, 1.807) is 12.3 Å². The Morgan fingerprint density at radius 2 is 2.40 bits per heavy atom. The number of pyridine rings is 1. The van der Waals surface area contributed by atoms with E-state index < -0.39 is 0 Å². The molecule has 1 rings (SSSR count). The first-order valence-electron chi connectivity index (χ1n) is 4.34. The van der Waals surface area contributed by atoms with Gasteiger partial charge in [0.1, 0.15) is 5.15 Å². The Bertz CT molecular complexity index is 434. The first kappa shape index (κ1) is 12.1. The fraction of sp³-hybridized carbons (Fsp3) is 0.273. The molecule has 78 valence electrons. The lowest BCUT2D eigenvalue weighted by atomic mass is 10.2. The van der Waals surface area contributed by atoms with Gasteiger partial charge in [-0.1, -0.05) is 35.2 Å². The molecule has 4 heteroatoms. The Balaban J connectivity index is 2.67. The minimum Gasteiger partial charge on any atom is -0.288 e. The number of hydrogen-bond donors (Lipinski definition) is 0. The molecule has 0 atom stereocenters. The minimum atomic E-state index is 0.0789. The zero-order valence-electron chi connectivity index (χ0n) is 8.50. The summed E-state index contributed by atoms with van der Waals surface area (Å²) in [6.45, 7) is 3.46. The van der Waals surface area contributed by atoms with Crippen molar-refractivity contribution in [2.24, 2.45) is 0 Å². The van der Waals surface area contributed by atoms with E-state index in [2.05, 4.69) is 16.8 Å². The van der Waals surface area contributed by atoms with Crippen molar-refractivity contribution in [3.63, 3.8) is 0 Å². The van der Waals surface area contributed by atoms with Gasteiger partial charge in [-0.2, -0.15) is 0 Å². The van der Waals surface area contributed by atoms with E-state index in [0.29, 0.717) is 10.9 Å². The molecule has 1 aromatic rings. The van der Waals surface area contributed by atoms with E-state index in [4.69, 9.17) is 11.6 Å². The van der Waals surface area contributed by atoms with Gasteiger partial charge < -0.3 is 0 Å². The summed E-state index contributed by atoms with van der Waals surface area (Å²) in [4.78, 5) is 14.6. The van der Waals surface area contributed by atoms with Crippen LogP contribution >= 0.6 is 23.4 Å². The van der Waals surface area contributed by atoms with Gasteiger partial charge in [0.15, 0.2) is 5.12 Å². The summed E-state index contributed by atoms with van der Waals surface area (Å²) >= 11 is 6.91. The molecule has 0 N–H and O–H groups in total. The van der Waals surface area contributed by atoms with Crippen LogP contribution in [0.3, 0.4) is 0 Å². The molecule has 1 heterocycles. The predicted molar refractivity (Wildman–Crippen MR) is 64.0 cm³/mol. The summed E-state index contributed by atoms with van der Waals surface area (Å²) in [6.07, 6.45) is 1.64. The second-order valence-electron chi connectivity index (χ2n) is 2.90. The van der Waals surface area contributed by atoms with Crippen molar-refractivity contribution in [1.29, 1.82) is 0 Å². The molecular formula is C11H10ClNOS. The molecule has 15 heavy (non-hydrogen) atoms. The quantitative estimate of drug-likeness (QED) is 0.558. The molecule has 0 aliphatic rings. The lowest BCUT2D eigenvalue weighted by Crippen LogP contribution is -1.86. The average Bonchev–Trinajstić information content (AvgIpc) is 2.14. The van der Waals surface area contributed by atoms with Gasteiger partial charge in [0.25, 0.3) is 0 Å². The van der Waals surface area contributed by atoms with Crippen LogP contribution in [0.25, 0.3) is 0 Å². The Labute approximate surface area is 98.4 Å². The van der Waals surface area contributed by atoms with E-state index in [1.807, 2.05) is 6.92 Å². The molecule has 2 nitrogen and oxygen atoms in total. The lowest BCUT2D eigenvalue weighted by Gasteiger charge is -1.96. The molecule has 0 aromatic carbocycles. The number of carbonyl (C=O) groups excluding carboxylic acids is 1. The SMILES string of the molecule is CC(=O)SCC#Cc1cnc(Cl)cc1C. The van der Waals surface area contributed by atoms with E-state index in [0.717, 1.165) is 11.1 Å². The highest BCUT2D eigenvalue weighted by molar-refractivity contribution is 8.13. The van der Waals surface area contributed by atoms with Crippen LogP contribution in [0.15, 0.2) is 12.3 Å². The maximum Gasteiger partial charge on any atom is 0.186 e. The number of carbonyl (C=O) groups is 1. The predicted octanol–water partition coefficient (Wildman–Crippen LogP) is 2.67. The van der Waals surface area contributed by atoms with Gasteiger partial charge in [0.2, 0.25) is 0 Å². The van der Waals surface area contributed by atoms with Crippen molar-refractivity contribution in [2.45, 2.75) is 13.8 Å². The minimum absolute atomic E-state index is 0.0789. The van der Waals surface area contributed by atoms with E-state index in [1.165, 1.54) is 18.7 Å². The summed E-state index contributed by atoms with van der Waals surface area (Å²) in [5.74, 6) is 6.36. The van der Waals surface area contributed by atoms with E-state index in [9.17, 15) is 4.79 Å². The molecule has 0 aliphatic heterocycles. The summed E-state index contributed by atoms with van der Waals surface area (Å²) in [5.41, 5.74) is 1.85. The topological polar surface area (TPSA) is 30.0 Å². The van der Waals surface area contributed by atoms with Crippen molar-refractivity contribution in [1.82, 2.24) is 4.98 Å². The van der Waals surface area contributed by atoms with Crippen molar-refractivity contribution >= 4 is 28.5 Å². The smallest absolute Gasteiger partial charge is 0.186 e. The normalized spacial score (nSPS) is 9.27. The zero-order chi connectivity index (χ0) is 11.3. The third kappa shape index (κ3) is 4.37. The van der Waals surface area contributed by atoms with Gasteiger partial charge in [0.05, 0.1) is 5.75 Å². The number of hydrogen-bond acceptors (Lipinski definition) is 3. The third-order valence-electron chi connectivity index (χ3n) is 1.65. The van der Waals surface area contributed by atoms with Crippen LogP contribution in [0.1, 0.15) is 18.1 Å². The molecule has 0 unspecified atom stereocenters. The van der Waals surface area contributed by atoms with E-state index >= 15 is 0 Å². The number of rotatable bonds is 1. The summed E-state index contributed by atoms with van der Waals surface area (Å²) < 4.78 is 0. The lowest BCUT2D eigenvalue weighted by molar-refractivity contribution is -0.109. The van der Waals surface area contributed by atoms with Crippen molar-refractivity contribution in [2.75, 3.05) is 5.75 Å². The monoisotopic (exact) mass is 239 g/mol. The largest absolute Gasteiger partial charge is 0.288 e. The maximum absolute atomic E-state index is 10.6. The van der Waals surface area contributed by atoms with Gasteiger partial charge in [0, 0.05) is 18.7 Å². The highest BCUT2D eigenvalue weighted by atomic mass is 35.5. The van der Waals surface area contributed by atoms with Gasteiger partial charge in [-0.25, -0.2) is 4.98 Å². The molecule has 0 fully saturated rings. The first-order valence-corrected chi connectivity index (χ1v) is 5.70. The van der Waals surface area contributed by atoms with Gasteiger partial charge >= 0.3 is 0 Å². The Hall–Kier alpha value is -0.980. The second kappa shape index (κ2) is 5.79. The first-order chi connectivity index (χ1) is 7.09. The van der Waals surface area contributed by atoms with Gasteiger partial charge in [-0.05, 0) is 18.6 Å². The Kier molecular flexibility index (Phi) is 4.67. The molecule has 0 saturated carbocycles. The van der Waals surface area contributed by atoms with E-state index in [-0.39, 0.29) is 5.12 Å². The Morgan fingerprint density at radius 3 is 3.00 bits per heavy atom. The number of halogens is 1. The number of aryl methyl sites for hydroxylation is 1. The molecular weight excluding hydrogens is 230 g/mol. The molecule has 1 aromatic heterocycles. The average molecular weight is 240 g/mol. The fourth-order valence-corrected chi connectivity index (χ4v) is 1.48. The van der Waals surface area contributed by atoms with Gasteiger partial charge in [-0.3, -0.25) is 4.79 Å². The summed E-state index contributed by atoms with van der Waals surface area (Å²) in [7, 11) is 0. The standard InChI is InChI=1S/C11H10ClNOS/c1-8-6-11(12)13-7-10(8)4-3-5-15-9(2)14/h6-7H,5H2,1-2H3. The van der Waals surface area contributed by atoms with Crippen LogP contribution in [0.5, 0.6) is 0 Å². The van der Waals surface area contributed by atoms with Crippen molar-refractivity contribution < 1.29 is 4.79 Å². The molecule has 0 saturated heterocycles. The second-order valence-corrected chi connectivity index (χ2v) is 4.44. The fourth-order valence-electron chi connectivity index (χ4n) is 0.922. The zero-order valence-corrected chi connectivity index (χ0v) is 10.1. The Morgan fingerprint density at radius 1 is 1.67 bits per heavy atom. The molecule has 0 bridgehead atoms. The van der Waals surface area contributed by atoms with Gasteiger partial charge in [-0.15, -0.1) is 0 Å². The molecule has 0 radical (unpaired) electrons. The highest BCUT2D eigenvalue weighted by Gasteiger charge is 1.96. The molecule has 0 spiro atoms. The van der Waals surface area contributed by atoms with Crippen LogP contribution in [0.4, 0.5) is 0 Å². The number of thioether (sulfide) groups is 1. The van der Waals surface area contributed by atoms with Crippen LogP contribution < -0.4 is 0 Å². The third-order valence-corrected chi connectivity index (χ3v) is 2.55.